The van der Waals surface area contributed by atoms with E-state index in [9.17, 15) is 40.7 Å². The number of nitrogens with zero attached hydrogens (tertiary/aromatic N) is 7. The van der Waals surface area contributed by atoms with Gasteiger partial charge in [0.1, 0.15) is 12.3 Å². The summed E-state index contributed by atoms with van der Waals surface area (Å²) in [7, 11) is -1.45. The normalized spacial score (nSPS) is 18.4. The molecule has 1 N–H and O–H groups in total. The Morgan fingerprint density at radius 2 is 1.68 bits per heavy atom. The first-order valence-corrected chi connectivity index (χ1v) is 18.4. The molecule has 0 radical (unpaired) electrons. The van der Waals surface area contributed by atoms with Crippen LogP contribution in [-0.2, 0) is 33.4 Å². The second kappa shape index (κ2) is 14.0. The fourth-order valence-corrected chi connectivity index (χ4v) is 5.64. The number of nitrogens with one attached hydrogen (secondary N) is 1. The van der Waals surface area contributed by atoms with Crippen LogP contribution >= 0.6 is 0 Å². The van der Waals surface area contributed by atoms with Gasteiger partial charge >= 0.3 is 18.4 Å². The molecule has 2 aromatic heterocycles. The van der Waals surface area contributed by atoms with Crippen LogP contribution in [0.15, 0.2) is 23.4 Å². The number of aromatic nitrogens is 4. The minimum Gasteiger partial charge on any atom is -0.434 e. The lowest BCUT2D eigenvalue weighted by Gasteiger charge is -2.35. The molecule has 2 aromatic rings. The molecule has 0 bridgehead atoms. The summed E-state index contributed by atoms with van der Waals surface area (Å²) in [5.41, 5.74) is -4.38. The van der Waals surface area contributed by atoms with Crippen molar-refractivity contribution in [1.29, 1.82) is 0 Å². The van der Waals surface area contributed by atoms with Gasteiger partial charge in [0.05, 0.1) is 24.0 Å². The van der Waals surface area contributed by atoms with Gasteiger partial charge in [0, 0.05) is 65.8 Å². The third-order valence-corrected chi connectivity index (χ3v) is 9.14. The molecular weight excluding hydrogens is 658 g/mol. The highest BCUT2D eigenvalue weighted by molar-refractivity contribution is 6.76. The van der Waals surface area contributed by atoms with E-state index in [0.717, 1.165) is 12.2 Å². The first-order valence-electron chi connectivity index (χ1n) is 14.7. The molecule has 2 amide bonds. The van der Waals surface area contributed by atoms with Gasteiger partial charge < -0.3 is 29.5 Å². The summed E-state index contributed by atoms with van der Waals surface area (Å²) in [4.78, 5) is 50.1. The monoisotopic (exact) mass is 694 g/mol. The van der Waals surface area contributed by atoms with Crippen molar-refractivity contribution in [3.63, 3.8) is 0 Å². The molecule has 2 aliphatic heterocycles. The Labute approximate surface area is 266 Å². The number of hydrogen-bond donors (Lipinski definition) is 1. The van der Waals surface area contributed by atoms with Crippen LogP contribution in [0.1, 0.15) is 18.1 Å². The van der Waals surface area contributed by atoms with E-state index in [-0.39, 0.29) is 51.8 Å². The Hall–Kier alpha value is -3.94. The lowest BCUT2D eigenvalue weighted by Crippen LogP contribution is -2.52. The minimum absolute atomic E-state index is 0.0806. The number of amides is 2. The minimum atomic E-state index is -5.01. The van der Waals surface area contributed by atoms with E-state index < -0.39 is 73.7 Å². The van der Waals surface area contributed by atoms with E-state index in [0.29, 0.717) is 17.1 Å². The highest BCUT2D eigenvalue weighted by Gasteiger charge is 2.41. The first-order chi connectivity index (χ1) is 21.8. The number of ether oxygens (including phenoxy) is 2. The number of anilines is 2. The topological polar surface area (TPSA) is 135 Å². The third-order valence-electron chi connectivity index (χ3n) is 7.44. The summed E-state index contributed by atoms with van der Waals surface area (Å²) in [6, 6.07) is -0.0520. The van der Waals surface area contributed by atoms with Crippen LogP contribution in [0.2, 0.25) is 25.7 Å². The number of alkyl halides is 6. The zero-order valence-electron chi connectivity index (χ0n) is 26.2. The van der Waals surface area contributed by atoms with E-state index in [2.05, 4.69) is 40.0 Å². The van der Waals surface area contributed by atoms with Gasteiger partial charge in [0.2, 0.25) is 5.95 Å². The molecule has 13 nitrogen and oxygen atoms in total. The average molecular weight is 695 g/mol. The van der Waals surface area contributed by atoms with E-state index in [1.807, 2.05) is 0 Å². The maximum absolute atomic E-state index is 14.0. The van der Waals surface area contributed by atoms with Crippen molar-refractivity contribution in [2.45, 2.75) is 63.8 Å². The molecule has 2 unspecified atom stereocenters. The summed E-state index contributed by atoms with van der Waals surface area (Å²) in [6.45, 7) is 8.14. The molecule has 260 valence electrons. The molecule has 2 saturated heterocycles. The maximum atomic E-state index is 14.0. The molecule has 0 saturated carbocycles. The van der Waals surface area contributed by atoms with Gasteiger partial charge in [-0.3, -0.25) is 9.59 Å². The molecular formula is C27H36F6N8O5Si. The summed E-state index contributed by atoms with van der Waals surface area (Å²) < 4.78 is 91.5. The first kappa shape index (κ1) is 35.9. The summed E-state index contributed by atoms with van der Waals surface area (Å²) in [5, 5.41) is 6.43. The smallest absolute Gasteiger partial charge is 0.423 e. The van der Waals surface area contributed by atoms with Crippen molar-refractivity contribution < 1.29 is 45.4 Å². The number of carbonyl (C=O) groups is 2. The largest absolute Gasteiger partial charge is 0.434 e. The lowest BCUT2D eigenvalue weighted by atomic mass is 10.2. The third kappa shape index (κ3) is 9.33. The van der Waals surface area contributed by atoms with Gasteiger partial charge in [-0.1, -0.05) is 19.6 Å². The van der Waals surface area contributed by atoms with Crippen LogP contribution < -0.4 is 15.8 Å². The fraction of sp³-hybridized carbons (Fsp3) is 0.630. The number of hydrogen-bond acceptors (Lipinski definition) is 10. The van der Waals surface area contributed by atoms with Crippen LogP contribution in [0.3, 0.4) is 0 Å². The van der Waals surface area contributed by atoms with Gasteiger partial charge in [0.25, 0.3) is 11.5 Å². The van der Waals surface area contributed by atoms with Gasteiger partial charge in [-0.2, -0.15) is 31.4 Å². The summed E-state index contributed by atoms with van der Waals surface area (Å²) >= 11 is 0. The van der Waals surface area contributed by atoms with E-state index >= 15 is 0 Å². The Bertz CT molecular complexity index is 1480. The van der Waals surface area contributed by atoms with E-state index in [1.54, 1.807) is 4.90 Å². The second-order valence-corrected chi connectivity index (χ2v) is 18.1. The Morgan fingerprint density at radius 3 is 2.26 bits per heavy atom. The highest BCUT2D eigenvalue weighted by atomic mass is 28.3. The maximum Gasteiger partial charge on any atom is 0.423 e. The second-order valence-electron chi connectivity index (χ2n) is 12.5. The SMILES string of the molecule is CC(CN1CC(C(=O)N2CCN(c3ncc(C(F)(F)F)cn3)CC2)OC1=O)Nc1cnn(COCC[Si](C)(C)C)c(=O)c1C(F)(F)F. The standard InChI is InChI=1S/C27H36F6N8O5Si/c1-17(37-19-13-36-41(16-45-9-10-47(2,3)4)23(43)21(19)27(31,32)33)14-40-15-20(46-25(40)44)22(42)38-5-7-39(8-6-38)24-34-11-18(12-35-24)26(28,29)30/h11-13,17,20,37H,5-10,14-16H2,1-4H3. The number of piperazine rings is 1. The molecule has 0 aliphatic carbocycles. The molecule has 2 aliphatic rings. The van der Waals surface area contributed by atoms with Crippen LogP contribution in [0.4, 0.5) is 42.8 Å². The predicted molar refractivity (Wildman–Crippen MR) is 158 cm³/mol. The Kier molecular flexibility index (Phi) is 10.7. The molecule has 0 aromatic carbocycles. The van der Waals surface area contributed by atoms with Crippen molar-refractivity contribution in [2.75, 3.05) is 56.1 Å². The predicted octanol–water partition coefficient (Wildman–Crippen LogP) is 3.35. The molecule has 20 heteroatoms. The highest BCUT2D eigenvalue weighted by Crippen LogP contribution is 2.32. The van der Waals surface area contributed by atoms with Gasteiger partial charge in [0.15, 0.2) is 6.10 Å². The molecule has 2 fully saturated rings. The van der Waals surface area contributed by atoms with Crippen LogP contribution in [0, 0.1) is 0 Å². The molecule has 0 spiro atoms. The van der Waals surface area contributed by atoms with Crippen LogP contribution in [0.5, 0.6) is 0 Å². The molecule has 4 heterocycles. The van der Waals surface area contributed by atoms with Crippen molar-refractivity contribution in [1.82, 2.24) is 29.5 Å². The van der Waals surface area contributed by atoms with Crippen LogP contribution in [0.25, 0.3) is 0 Å². The number of halogens is 6. The van der Waals surface area contributed by atoms with Crippen molar-refractivity contribution in [3.8, 4) is 0 Å². The fourth-order valence-electron chi connectivity index (χ4n) is 4.88. The van der Waals surface area contributed by atoms with Crippen molar-refractivity contribution in [3.05, 3.63) is 40.1 Å². The quantitative estimate of drug-likeness (QED) is 0.212. The lowest BCUT2D eigenvalue weighted by molar-refractivity contribution is -0.139. The molecule has 47 heavy (non-hydrogen) atoms. The van der Waals surface area contributed by atoms with E-state index in [1.165, 1.54) is 16.7 Å². The Balaban J connectivity index is 1.31. The Morgan fingerprint density at radius 1 is 1.04 bits per heavy atom. The van der Waals surface area contributed by atoms with Crippen molar-refractivity contribution >= 4 is 31.7 Å². The summed E-state index contributed by atoms with van der Waals surface area (Å²) in [6.07, 6.45) is -9.33. The number of carbonyl (C=O) groups excluding carboxylic acids is 2. The van der Waals surface area contributed by atoms with E-state index in [4.69, 9.17) is 9.47 Å². The number of cyclic esters (lactones) is 1. The average Bonchev–Trinajstić information content (AvgIpc) is 3.33. The zero-order chi connectivity index (χ0) is 34.7. The molecule has 2 atom stereocenters. The van der Waals surface area contributed by atoms with Gasteiger partial charge in [-0.25, -0.2) is 19.4 Å². The van der Waals surface area contributed by atoms with Crippen LogP contribution in [-0.4, -0.2) is 108 Å². The summed E-state index contributed by atoms with van der Waals surface area (Å²) in [5.74, 6) is -0.411. The van der Waals surface area contributed by atoms with Crippen molar-refractivity contribution in [2.24, 2.45) is 0 Å². The molecule has 4 rings (SSSR count). The van der Waals surface area contributed by atoms with Gasteiger partial charge in [-0.15, -0.1) is 0 Å². The number of rotatable bonds is 11. The zero-order valence-corrected chi connectivity index (χ0v) is 27.2. The van der Waals surface area contributed by atoms with Gasteiger partial charge in [-0.05, 0) is 13.0 Å².